The summed E-state index contributed by atoms with van der Waals surface area (Å²) in [7, 11) is 0. The third kappa shape index (κ3) is 4.47. The van der Waals surface area contributed by atoms with Crippen LogP contribution in [0.2, 0.25) is 0 Å². The van der Waals surface area contributed by atoms with E-state index in [9.17, 15) is 9.59 Å². The number of amides is 2. The highest BCUT2D eigenvalue weighted by Gasteiger charge is 2.32. The van der Waals surface area contributed by atoms with Gasteiger partial charge in [0.15, 0.2) is 0 Å². The minimum absolute atomic E-state index is 0.0369. The van der Waals surface area contributed by atoms with Crippen molar-refractivity contribution in [3.63, 3.8) is 0 Å². The molecular formula is C19H23N3O3. The van der Waals surface area contributed by atoms with Gasteiger partial charge in [-0.25, -0.2) is 4.79 Å². The second kappa shape index (κ2) is 6.70. The summed E-state index contributed by atoms with van der Waals surface area (Å²) in [4.78, 5) is 28.4. The lowest BCUT2D eigenvalue weighted by atomic mass is 9.86. The maximum absolute atomic E-state index is 12.3. The fourth-order valence-electron chi connectivity index (χ4n) is 2.79. The number of para-hydroxylation sites is 1. The van der Waals surface area contributed by atoms with Crippen LogP contribution in [0.25, 0.3) is 10.9 Å². The van der Waals surface area contributed by atoms with E-state index in [1.165, 1.54) is 0 Å². The fraction of sp³-hybridized carbons (Fsp3) is 0.421. The second-order valence-corrected chi connectivity index (χ2v) is 7.40. The first-order valence-electron chi connectivity index (χ1n) is 8.45. The molecule has 1 aliphatic carbocycles. The molecule has 1 heterocycles. The minimum atomic E-state index is -0.509. The van der Waals surface area contributed by atoms with E-state index in [-0.39, 0.29) is 18.0 Å². The molecule has 0 bridgehead atoms. The average molecular weight is 341 g/mol. The molecule has 1 saturated carbocycles. The summed E-state index contributed by atoms with van der Waals surface area (Å²) < 4.78 is 5.22. The summed E-state index contributed by atoms with van der Waals surface area (Å²) in [5.74, 6) is -0.140. The summed E-state index contributed by atoms with van der Waals surface area (Å²) in [6, 6.07) is 9.62. The zero-order valence-electron chi connectivity index (χ0n) is 14.7. The molecule has 1 aromatic heterocycles. The largest absolute Gasteiger partial charge is 0.444 e. The monoisotopic (exact) mass is 341 g/mol. The standard InChI is InChI=1S/C19H23N3O3/c1-19(2,3)25-18(24)22-15-9-14(10-15)21-17(23)13-8-12-6-4-5-7-16(12)20-11-13/h4-8,11,14-15H,9-10H2,1-3H3,(H,21,23)(H,22,24). The zero-order chi connectivity index (χ0) is 18.0. The normalized spacial score (nSPS) is 19.8. The quantitative estimate of drug-likeness (QED) is 0.899. The highest BCUT2D eigenvalue weighted by Crippen LogP contribution is 2.21. The van der Waals surface area contributed by atoms with Crippen molar-refractivity contribution in [1.82, 2.24) is 15.6 Å². The molecule has 1 aromatic carbocycles. The van der Waals surface area contributed by atoms with Gasteiger partial charge in [-0.2, -0.15) is 0 Å². The van der Waals surface area contributed by atoms with Crippen LogP contribution in [-0.4, -0.2) is 34.7 Å². The molecule has 1 fully saturated rings. The number of carbonyl (C=O) groups excluding carboxylic acids is 2. The Morgan fingerprint density at radius 3 is 2.52 bits per heavy atom. The number of pyridine rings is 1. The molecule has 0 saturated heterocycles. The number of nitrogens with one attached hydrogen (secondary N) is 2. The molecule has 6 nitrogen and oxygen atoms in total. The van der Waals surface area contributed by atoms with Gasteiger partial charge in [0, 0.05) is 23.7 Å². The second-order valence-electron chi connectivity index (χ2n) is 7.40. The van der Waals surface area contributed by atoms with Gasteiger partial charge in [-0.3, -0.25) is 9.78 Å². The molecule has 3 rings (SSSR count). The molecule has 2 aromatic rings. The molecule has 0 spiro atoms. The topological polar surface area (TPSA) is 80.3 Å². The van der Waals surface area contributed by atoms with Gasteiger partial charge in [0.25, 0.3) is 5.91 Å². The number of rotatable bonds is 3. The first-order chi connectivity index (χ1) is 11.8. The fourth-order valence-corrected chi connectivity index (χ4v) is 2.79. The van der Waals surface area contributed by atoms with Crippen LogP contribution >= 0.6 is 0 Å². The van der Waals surface area contributed by atoms with E-state index in [4.69, 9.17) is 4.74 Å². The van der Waals surface area contributed by atoms with Gasteiger partial charge < -0.3 is 15.4 Å². The maximum atomic E-state index is 12.3. The number of aromatic nitrogens is 1. The van der Waals surface area contributed by atoms with Gasteiger partial charge in [0.05, 0.1) is 11.1 Å². The molecule has 25 heavy (non-hydrogen) atoms. The lowest BCUT2D eigenvalue weighted by molar-refractivity contribution is 0.0465. The summed E-state index contributed by atoms with van der Waals surface area (Å²) in [6.07, 6.45) is 2.58. The highest BCUT2D eigenvalue weighted by molar-refractivity contribution is 5.97. The SMILES string of the molecule is CC(C)(C)OC(=O)NC1CC(NC(=O)c2cnc3ccccc3c2)C1. The van der Waals surface area contributed by atoms with Crippen molar-refractivity contribution in [3.8, 4) is 0 Å². The lowest BCUT2D eigenvalue weighted by Crippen LogP contribution is -2.54. The highest BCUT2D eigenvalue weighted by atomic mass is 16.6. The maximum Gasteiger partial charge on any atom is 0.407 e. The zero-order valence-corrected chi connectivity index (χ0v) is 14.7. The van der Waals surface area contributed by atoms with Crippen molar-refractivity contribution in [2.45, 2.75) is 51.3 Å². The Kier molecular flexibility index (Phi) is 4.61. The van der Waals surface area contributed by atoms with Crippen molar-refractivity contribution in [3.05, 3.63) is 42.1 Å². The number of hydrogen-bond donors (Lipinski definition) is 2. The van der Waals surface area contributed by atoms with E-state index in [0.29, 0.717) is 18.4 Å². The summed E-state index contributed by atoms with van der Waals surface area (Å²) in [6.45, 7) is 5.48. The van der Waals surface area contributed by atoms with Crippen LogP contribution in [-0.2, 0) is 4.74 Å². The van der Waals surface area contributed by atoms with Gasteiger partial charge in [-0.05, 0) is 45.7 Å². The number of hydrogen-bond acceptors (Lipinski definition) is 4. The molecular weight excluding hydrogens is 318 g/mol. The van der Waals surface area contributed by atoms with Crippen LogP contribution < -0.4 is 10.6 Å². The average Bonchev–Trinajstić information content (AvgIpc) is 2.50. The Morgan fingerprint density at radius 2 is 1.80 bits per heavy atom. The van der Waals surface area contributed by atoms with E-state index in [1.54, 1.807) is 6.20 Å². The van der Waals surface area contributed by atoms with Crippen molar-refractivity contribution < 1.29 is 14.3 Å². The number of nitrogens with zero attached hydrogens (tertiary/aromatic N) is 1. The van der Waals surface area contributed by atoms with Crippen molar-refractivity contribution in [2.75, 3.05) is 0 Å². The van der Waals surface area contributed by atoms with E-state index in [0.717, 1.165) is 10.9 Å². The Morgan fingerprint density at radius 1 is 1.12 bits per heavy atom. The third-order valence-electron chi connectivity index (χ3n) is 4.05. The van der Waals surface area contributed by atoms with Crippen LogP contribution in [0.3, 0.4) is 0 Å². The first-order valence-corrected chi connectivity index (χ1v) is 8.45. The number of benzene rings is 1. The van der Waals surface area contributed by atoms with Crippen molar-refractivity contribution >= 4 is 22.9 Å². The van der Waals surface area contributed by atoms with Crippen molar-refractivity contribution in [1.29, 1.82) is 0 Å². The smallest absolute Gasteiger partial charge is 0.407 e. The van der Waals surface area contributed by atoms with E-state index in [2.05, 4.69) is 15.6 Å². The molecule has 0 atom stereocenters. The molecule has 6 heteroatoms. The molecule has 0 aliphatic heterocycles. The van der Waals surface area contributed by atoms with Gasteiger partial charge in [0.1, 0.15) is 5.60 Å². The Hall–Kier alpha value is -2.63. The predicted octanol–water partition coefficient (Wildman–Crippen LogP) is 3.02. The number of ether oxygens (including phenoxy) is 1. The van der Waals surface area contributed by atoms with Crippen LogP contribution in [0.5, 0.6) is 0 Å². The number of carbonyl (C=O) groups is 2. The third-order valence-corrected chi connectivity index (χ3v) is 4.05. The predicted molar refractivity (Wildman–Crippen MR) is 95.4 cm³/mol. The van der Waals surface area contributed by atoms with Crippen LogP contribution in [0.4, 0.5) is 4.79 Å². The number of alkyl carbamates (subject to hydrolysis) is 1. The Labute approximate surface area is 147 Å². The molecule has 2 amide bonds. The van der Waals surface area contributed by atoms with Gasteiger partial charge in [-0.15, -0.1) is 0 Å². The van der Waals surface area contributed by atoms with Crippen LogP contribution in [0.1, 0.15) is 44.0 Å². The molecule has 2 N–H and O–H groups in total. The van der Waals surface area contributed by atoms with E-state index < -0.39 is 11.7 Å². The van der Waals surface area contributed by atoms with E-state index in [1.807, 2.05) is 51.1 Å². The van der Waals surface area contributed by atoms with Crippen molar-refractivity contribution in [2.24, 2.45) is 0 Å². The molecule has 132 valence electrons. The number of fused-ring (bicyclic) bond motifs is 1. The minimum Gasteiger partial charge on any atom is -0.444 e. The molecule has 0 unspecified atom stereocenters. The van der Waals surface area contributed by atoms with Gasteiger partial charge in [0.2, 0.25) is 0 Å². The first kappa shape index (κ1) is 17.2. The summed E-state index contributed by atoms with van der Waals surface area (Å²) in [5, 5.41) is 6.73. The molecule has 0 radical (unpaired) electrons. The lowest BCUT2D eigenvalue weighted by Gasteiger charge is -2.36. The Balaban J connectivity index is 1.49. The van der Waals surface area contributed by atoms with Gasteiger partial charge in [-0.1, -0.05) is 18.2 Å². The van der Waals surface area contributed by atoms with E-state index >= 15 is 0 Å². The Bertz CT molecular complexity index is 792. The van der Waals surface area contributed by atoms with Crippen LogP contribution in [0, 0.1) is 0 Å². The van der Waals surface area contributed by atoms with Crippen LogP contribution in [0.15, 0.2) is 36.5 Å². The van der Waals surface area contributed by atoms with Gasteiger partial charge >= 0.3 is 6.09 Å². The summed E-state index contributed by atoms with van der Waals surface area (Å²) >= 11 is 0. The molecule has 1 aliphatic rings. The summed E-state index contributed by atoms with van der Waals surface area (Å²) in [5.41, 5.74) is 0.899.